The number of carbonyl (C=O) groups excluding carboxylic acids is 1. The maximum Gasteiger partial charge on any atom is 0.333 e. The summed E-state index contributed by atoms with van der Waals surface area (Å²) in [6.07, 6.45) is 0. The first-order chi connectivity index (χ1) is 7.43. The molecule has 0 atom stereocenters. The molecule has 0 bridgehead atoms. The van der Waals surface area contributed by atoms with Crippen molar-refractivity contribution in [3.63, 3.8) is 0 Å². The minimum Gasteiger partial charge on any atom is -0.457 e. The van der Waals surface area contributed by atoms with Gasteiger partial charge in [-0.3, -0.25) is 0 Å². The highest BCUT2D eigenvalue weighted by Gasteiger charge is 2.14. The van der Waals surface area contributed by atoms with Gasteiger partial charge < -0.3 is 4.74 Å². The number of hydrogen-bond acceptors (Lipinski definition) is 2. The average Bonchev–Trinajstić information content (AvgIpc) is 2.24. The molecule has 1 aromatic rings. The Morgan fingerprint density at radius 3 is 2.50 bits per heavy atom. The summed E-state index contributed by atoms with van der Waals surface area (Å²) in [6, 6.07) is 1.78. The van der Waals surface area contributed by atoms with Gasteiger partial charge in [-0.25, -0.2) is 18.0 Å². The molecule has 0 aliphatic heterocycles. The van der Waals surface area contributed by atoms with E-state index in [1.807, 2.05) is 0 Å². The fourth-order valence-electron chi connectivity index (χ4n) is 0.944. The van der Waals surface area contributed by atoms with Crippen molar-refractivity contribution in [1.29, 1.82) is 0 Å². The number of esters is 1. The van der Waals surface area contributed by atoms with Gasteiger partial charge in [-0.05, 0) is 19.1 Å². The van der Waals surface area contributed by atoms with Crippen molar-refractivity contribution in [3.8, 4) is 0 Å². The predicted octanol–water partition coefficient (Wildman–Crippen LogP) is 2.72. The van der Waals surface area contributed by atoms with Crippen LogP contribution < -0.4 is 0 Å². The van der Waals surface area contributed by atoms with Gasteiger partial charge in [0.15, 0.2) is 17.5 Å². The first kappa shape index (κ1) is 12.3. The molecule has 0 radical (unpaired) electrons. The van der Waals surface area contributed by atoms with Gasteiger partial charge in [-0.2, -0.15) is 0 Å². The van der Waals surface area contributed by atoms with Crippen molar-refractivity contribution in [1.82, 2.24) is 0 Å². The van der Waals surface area contributed by atoms with E-state index in [1.54, 1.807) is 0 Å². The van der Waals surface area contributed by atoms with E-state index in [0.29, 0.717) is 0 Å². The quantitative estimate of drug-likeness (QED) is 0.453. The standard InChI is InChI=1S/C11H9F3O2/c1-6(2)11(15)16-5-7-3-4-8(12)10(14)9(7)13/h3-4H,1,5H2,2H3. The second-order valence-corrected chi connectivity index (χ2v) is 3.19. The van der Waals surface area contributed by atoms with E-state index in [-0.39, 0.29) is 11.1 Å². The first-order valence-electron chi connectivity index (χ1n) is 4.38. The Morgan fingerprint density at radius 2 is 1.94 bits per heavy atom. The highest BCUT2D eigenvalue weighted by molar-refractivity contribution is 5.86. The van der Waals surface area contributed by atoms with Gasteiger partial charge in [-0.15, -0.1) is 0 Å². The van der Waals surface area contributed by atoms with Crippen LogP contribution in [0, 0.1) is 17.5 Å². The highest BCUT2D eigenvalue weighted by atomic mass is 19.2. The van der Waals surface area contributed by atoms with Gasteiger partial charge in [0.05, 0.1) is 0 Å². The molecule has 2 nitrogen and oxygen atoms in total. The Balaban J connectivity index is 2.79. The fraction of sp³-hybridized carbons (Fsp3) is 0.182. The summed E-state index contributed by atoms with van der Waals surface area (Å²) in [4.78, 5) is 11.0. The lowest BCUT2D eigenvalue weighted by Crippen LogP contribution is -2.07. The first-order valence-corrected chi connectivity index (χ1v) is 4.38. The summed E-state index contributed by atoms with van der Waals surface area (Å²) < 4.78 is 43.0. The summed E-state index contributed by atoms with van der Waals surface area (Å²) >= 11 is 0. The molecule has 0 fully saturated rings. The smallest absolute Gasteiger partial charge is 0.333 e. The zero-order chi connectivity index (χ0) is 12.3. The maximum atomic E-state index is 13.1. The van der Waals surface area contributed by atoms with Crippen LogP contribution in [-0.2, 0) is 16.1 Å². The number of benzene rings is 1. The van der Waals surface area contributed by atoms with Crippen LogP contribution in [0.5, 0.6) is 0 Å². The van der Waals surface area contributed by atoms with Crippen LogP contribution in [0.15, 0.2) is 24.3 Å². The van der Waals surface area contributed by atoms with E-state index < -0.39 is 30.0 Å². The van der Waals surface area contributed by atoms with Crippen LogP contribution in [0.1, 0.15) is 12.5 Å². The molecule has 86 valence electrons. The fourth-order valence-corrected chi connectivity index (χ4v) is 0.944. The van der Waals surface area contributed by atoms with E-state index in [1.165, 1.54) is 6.92 Å². The van der Waals surface area contributed by atoms with E-state index in [9.17, 15) is 18.0 Å². The minimum atomic E-state index is -1.58. The van der Waals surface area contributed by atoms with E-state index in [4.69, 9.17) is 0 Å². The van der Waals surface area contributed by atoms with Crippen LogP contribution in [0.4, 0.5) is 13.2 Å². The molecule has 0 heterocycles. The normalized spacial score (nSPS) is 10.0. The van der Waals surface area contributed by atoms with Gasteiger partial charge in [0.25, 0.3) is 0 Å². The van der Waals surface area contributed by atoms with Crippen LogP contribution >= 0.6 is 0 Å². The van der Waals surface area contributed by atoms with Gasteiger partial charge in [-0.1, -0.05) is 6.58 Å². The monoisotopic (exact) mass is 230 g/mol. The summed E-state index contributed by atoms with van der Waals surface area (Å²) in [7, 11) is 0. The van der Waals surface area contributed by atoms with Crippen molar-refractivity contribution in [2.75, 3.05) is 0 Å². The molecule has 0 aliphatic rings. The average molecular weight is 230 g/mol. The number of carbonyl (C=O) groups is 1. The Hall–Kier alpha value is -1.78. The van der Waals surface area contributed by atoms with Crippen molar-refractivity contribution in [3.05, 3.63) is 47.3 Å². The molecule has 0 unspecified atom stereocenters. The zero-order valence-corrected chi connectivity index (χ0v) is 8.52. The van der Waals surface area contributed by atoms with Gasteiger partial charge in [0.2, 0.25) is 0 Å². The van der Waals surface area contributed by atoms with Crippen LogP contribution in [0.3, 0.4) is 0 Å². The van der Waals surface area contributed by atoms with E-state index in [0.717, 1.165) is 12.1 Å². The van der Waals surface area contributed by atoms with Crippen molar-refractivity contribution < 1.29 is 22.7 Å². The minimum absolute atomic E-state index is 0.142. The van der Waals surface area contributed by atoms with Crippen molar-refractivity contribution >= 4 is 5.97 Å². The molecule has 0 saturated heterocycles. The maximum absolute atomic E-state index is 13.1. The summed E-state index contributed by atoms with van der Waals surface area (Å²) in [6.45, 7) is 4.28. The van der Waals surface area contributed by atoms with E-state index in [2.05, 4.69) is 11.3 Å². The Kier molecular flexibility index (Phi) is 3.71. The van der Waals surface area contributed by atoms with Gasteiger partial charge in [0, 0.05) is 11.1 Å². The highest BCUT2D eigenvalue weighted by Crippen LogP contribution is 2.16. The van der Waals surface area contributed by atoms with Crippen LogP contribution in [0.2, 0.25) is 0 Å². The van der Waals surface area contributed by atoms with Gasteiger partial charge >= 0.3 is 5.97 Å². The van der Waals surface area contributed by atoms with Crippen LogP contribution in [-0.4, -0.2) is 5.97 Å². The molecule has 1 rings (SSSR count). The number of rotatable bonds is 3. The molecule has 0 N–H and O–H groups in total. The third kappa shape index (κ3) is 2.62. The third-order valence-electron chi connectivity index (χ3n) is 1.82. The van der Waals surface area contributed by atoms with Crippen molar-refractivity contribution in [2.45, 2.75) is 13.5 Å². The largest absolute Gasteiger partial charge is 0.457 e. The summed E-state index contributed by atoms with van der Waals surface area (Å²) in [5, 5.41) is 0. The lowest BCUT2D eigenvalue weighted by atomic mass is 10.2. The molecule has 0 amide bonds. The topological polar surface area (TPSA) is 26.3 Å². The zero-order valence-electron chi connectivity index (χ0n) is 8.52. The second kappa shape index (κ2) is 4.83. The number of halogens is 3. The SMILES string of the molecule is C=C(C)C(=O)OCc1ccc(F)c(F)c1F. The molecule has 0 spiro atoms. The predicted molar refractivity (Wildman–Crippen MR) is 50.9 cm³/mol. The number of ether oxygens (including phenoxy) is 1. The molecule has 1 aromatic carbocycles. The Bertz CT molecular complexity index is 441. The second-order valence-electron chi connectivity index (χ2n) is 3.19. The summed E-state index contributed by atoms with van der Waals surface area (Å²) in [5.74, 6) is -4.94. The summed E-state index contributed by atoms with van der Waals surface area (Å²) in [5.41, 5.74) is -0.0866. The molecule has 0 aliphatic carbocycles. The molecule has 5 heteroatoms. The molecule has 0 aromatic heterocycles. The van der Waals surface area contributed by atoms with Crippen LogP contribution in [0.25, 0.3) is 0 Å². The Labute approximate surface area is 90.3 Å². The van der Waals surface area contributed by atoms with E-state index >= 15 is 0 Å². The molecule has 0 saturated carbocycles. The van der Waals surface area contributed by atoms with Crippen molar-refractivity contribution in [2.24, 2.45) is 0 Å². The third-order valence-corrected chi connectivity index (χ3v) is 1.82. The Morgan fingerprint density at radius 1 is 1.31 bits per heavy atom. The van der Waals surface area contributed by atoms with Gasteiger partial charge in [0.1, 0.15) is 6.61 Å². The lowest BCUT2D eigenvalue weighted by Gasteiger charge is -2.06. The molecular weight excluding hydrogens is 221 g/mol. The molecular formula is C11H9F3O2. The lowest BCUT2D eigenvalue weighted by molar-refractivity contribution is -0.140. The number of hydrogen-bond donors (Lipinski definition) is 0. The molecule has 16 heavy (non-hydrogen) atoms.